The molecule has 2 heterocycles. The zero-order chi connectivity index (χ0) is 22.7. The van der Waals surface area contributed by atoms with Gasteiger partial charge in [0, 0.05) is 24.2 Å². The predicted molar refractivity (Wildman–Crippen MR) is 133 cm³/mol. The standard InChI is InChI=1S/C27H33N3O2S/c31-33(32,26-12-4-10-24-11-5-17-28-27(24)26)30(21-23-13-14-23)25-15-19-29(20-16-25)18-6-9-22-7-2-1-3-8-22/h1-5,7-8,10-12,17,23,25H,6,9,13-16,18-21H2. The third kappa shape index (κ3) is 5.29. The Kier molecular flexibility index (Phi) is 6.76. The van der Waals surface area contributed by atoms with Gasteiger partial charge < -0.3 is 4.90 Å². The van der Waals surface area contributed by atoms with Crippen molar-refractivity contribution in [2.75, 3.05) is 26.2 Å². The number of fused-ring (bicyclic) bond motifs is 1. The summed E-state index contributed by atoms with van der Waals surface area (Å²) in [5.74, 6) is 0.506. The molecule has 5 rings (SSSR count). The van der Waals surface area contributed by atoms with Gasteiger partial charge >= 0.3 is 0 Å². The minimum Gasteiger partial charge on any atom is -0.303 e. The number of para-hydroxylation sites is 1. The van der Waals surface area contributed by atoms with Gasteiger partial charge in [0.15, 0.2) is 0 Å². The molecule has 1 aromatic heterocycles. The molecule has 2 fully saturated rings. The Labute approximate surface area is 197 Å². The van der Waals surface area contributed by atoms with Gasteiger partial charge in [-0.2, -0.15) is 4.31 Å². The van der Waals surface area contributed by atoms with Crippen LogP contribution < -0.4 is 0 Å². The van der Waals surface area contributed by atoms with E-state index in [9.17, 15) is 8.42 Å². The summed E-state index contributed by atoms with van der Waals surface area (Å²) in [6, 6.07) is 20.0. The summed E-state index contributed by atoms with van der Waals surface area (Å²) in [4.78, 5) is 7.28. The molecular weight excluding hydrogens is 430 g/mol. The molecule has 0 atom stereocenters. The van der Waals surface area contributed by atoms with Gasteiger partial charge in [-0.1, -0.05) is 48.5 Å². The van der Waals surface area contributed by atoms with Gasteiger partial charge in [0.2, 0.25) is 10.0 Å². The maximum atomic E-state index is 13.9. The van der Waals surface area contributed by atoms with Crippen LogP contribution in [0.3, 0.4) is 0 Å². The van der Waals surface area contributed by atoms with Crippen molar-refractivity contribution in [3.8, 4) is 0 Å². The number of nitrogens with zero attached hydrogens (tertiary/aromatic N) is 3. The molecule has 0 spiro atoms. The lowest BCUT2D eigenvalue weighted by Crippen LogP contribution is -2.48. The van der Waals surface area contributed by atoms with E-state index in [0.29, 0.717) is 22.9 Å². The van der Waals surface area contributed by atoms with E-state index in [-0.39, 0.29) is 6.04 Å². The maximum Gasteiger partial charge on any atom is 0.245 e. The van der Waals surface area contributed by atoms with Crippen molar-refractivity contribution < 1.29 is 8.42 Å². The summed E-state index contributed by atoms with van der Waals surface area (Å²) in [6.07, 6.45) is 7.99. The normalized spacial score (nSPS) is 18.2. The Morgan fingerprint density at radius 1 is 0.909 bits per heavy atom. The van der Waals surface area contributed by atoms with Crippen LogP contribution in [0.5, 0.6) is 0 Å². The van der Waals surface area contributed by atoms with Crippen molar-refractivity contribution in [3.63, 3.8) is 0 Å². The highest BCUT2D eigenvalue weighted by atomic mass is 32.2. The zero-order valence-electron chi connectivity index (χ0n) is 19.1. The fourth-order valence-corrected chi connectivity index (χ4v) is 6.92. The lowest BCUT2D eigenvalue weighted by molar-refractivity contribution is 0.155. The summed E-state index contributed by atoms with van der Waals surface area (Å²) >= 11 is 0. The topological polar surface area (TPSA) is 53.5 Å². The molecule has 0 unspecified atom stereocenters. The highest BCUT2D eigenvalue weighted by molar-refractivity contribution is 7.89. The molecule has 174 valence electrons. The quantitative estimate of drug-likeness (QED) is 0.460. The largest absolute Gasteiger partial charge is 0.303 e. The highest BCUT2D eigenvalue weighted by Gasteiger charge is 2.38. The van der Waals surface area contributed by atoms with Crippen LogP contribution in [0.15, 0.2) is 71.8 Å². The number of hydrogen-bond acceptors (Lipinski definition) is 4. The molecule has 1 saturated heterocycles. The van der Waals surface area contributed by atoms with Gasteiger partial charge in [0.1, 0.15) is 4.90 Å². The first-order valence-electron chi connectivity index (χ1n) is 12.2. The van der Waals surface area contributed by atoms with E-state index >= 15 is 0 Å². The van der Waals surface area contributed by atoms with Gasteiger partial charge in [-0.15, -0.1) is 0 Å². The first-order chi connectivity index (χ1) is 16.1. The lowest BCUT2D eigenvalue weighted by atomic mass is 10.0. The second kappa shape index (κ2) is 9.92. The molecular formula is C27H33N3O2S. The van der Waals surface area contributed by atoms with E-state index in [4.69, 9.17) is 0 Å². The van der Waals surface area contributed by atoms with E-state index in [2.05, 4.69) is 40.2 Å². The average molecular weight is 464 g/mol. The van der Waals surface area contributed by atoms with Crippen molar-refractivity contribution in [2.45, 2.75) is 49.5 Å². The number of hydrogen-bond donors (Lipinski definition) is 0. The first kappa shape index (κ1) is 22.5. The van der Waals surface area contributed by atoms with Crippen molar-refractivity contribution in [3.05, 3.63) is 72.4 Å². The van der Waals surface area contributed by atoms with Crippen LogP contribution in [0.2, 0.25) is 0 Å². The number of benzene rings is 2. The van der Waals surface area contributed by atoms with Crippen molar-refractivity contribution in [2.24, 2.45) is 5.92 Å². The molecule has 6 heteroatoms. The van der Waals surface area contributed by atoms with Crippen molar-refractivity contribution in [1.29, 1.82) is 0 Å². The van der Waals surface area contributed by atoms with Gasteiger partial charge in [-0.25, -0.2) is 8.42 Å². The molecule has 2 aliphatic rings. The Morgan fingerprint density at radius 3 is 2.42 bits per heavy atom. The van der Waals surface area contributed by atoms with Crippen LogP contribution >= 0.6 is 0 Å². The number of aromatic nitrogens is 1. The van der Waals surface area contributed by atoms with E-state index in [0.717, 1.165) is 63.5 Å². The fourth-order valence-electron chi connectivity index (χ4n) is 4.99. The van der Waals surface area contributed by atoms with Crippen LogP contribution in [0.4, 0.5) is 0 Å². The van der Waals surface area contributed by atoms with Gasteiger partial charge in [-0.05, 0) is 81.8 Å². The summed E-state index contributed by atoms with van der Waals surface area (Å²) in [5, 5.41) is 0.873. The van der Waals surface area contributed by atoms with Gasteiger partial charge in [0.05, 0.1) is 5.52 Å². The van der Waals surface area contributed by atoms with E-state index < -0.39 is 10.0 Å². The van der Waals surface area contributed by atoms with Crippen LogP contribution in [-0.2, 0) is 16.4 Å². The molecule has 0 radical (unpaired) electrons. The third-order valence-electron chi connectivity index (χ3n) is 7.06. The summed E-state index contributed by atoms with van der Waals surface area (Å²) in [7, 11) is -3.60. The second-order valence-electron chi connectivity index (χ2n) is 9.51. The van der Waals surface area contributed by atoms with Crippen LogP contribution in [-0.4, -0.2) is 54.8 Å². The molecule has 0 bridgehead atoms. The SMILES string of the molecule is O=S(=O)(c1cccc2cccnc12)N(CC1CC1)C1CCN(CCCc2ccccc2)CC1. The molecule has 0 N–H and O–H groups in total. The van der Waals surface area contributed by atoms with Crippen molar-refractivity contribution >= 4 is 20.9 Å². The molecule has 3 aromatic rings. The minimum absolute atomic E-state index is 0.0694. The number of rotatable bonds is 9. The lowest BCUT2D eigenvalue weighted by Gasteiger charge is -2.38. The van der Waals surface area contributed by atoms with E-state index in [1.165, 1.54) is 5.56 Å². The molecule has 33 heavy (non-hydrogen) atoms. The summed E-state index contributed by atoms with van der Waals surface area (Å²) in [5.41, 5.74) is 1.97. The third-order valence-corrected chi connectivity index (χ3v) is 9.01. The Morgan fingerprint density at radius 2 is 1.67 bits per heavy atom. The Balaban J connectivity index is 1.27. The number of likely N-dealkylation sites (tertiary alicyclic amines) is 1. The minimum atomic E-state index is -3.60. The van der Waals surface area contributed by atoms with Crippen LogP contribution in [0.25, 0.3) is 10.9 Å². The zero-order valence-corrected chi connectivity index (χ0v) is 20.0. The van der Waals surface area contributed by atoms with Gasteiger partial charge in [-0.3, -0.25) is 4.98 Å². The molecule has 1 aliphatic carbocycles. The maximum absolute atomic E-state index is 13.9. The van der Waals surface area contributed by atoms with Gasteiger partial charge in [0.25, 0.3) is 0 Å². The summed E-state index contributed by atoms with van der Waals surface area (Å²) in [6.45, 7) is 3.64. The predicted octanol–water partition coefficient (Wildman–Crippen LogP) is 4.73. The number of sulfonamides is 1. The highest BCUT2D eigenvalue weighted by Crippen LogP contribution is 2.35. The average Bonchev–Trinajstić information content (AvgIpc) is 3.68. The molecule has 2 aromatic carbocycles. The fraction of sp³-hybridized carbons (Fsp3) is 0.444. The number of aryl methyl sites for hydroxylation is 1. The van der Waals surface area contributed by atoms with E-state index in [1.54, 1.807) is 12.3 Å². The molecule has 5 nitrogen and oxygen atoms in total. The molecule has 1 saturated carbocycles. The Hall–Kier alpha value is -2.28. The van der Waals surface area contributed by atoms with Crippen molar-refractivity contribution in [1.82, 2.24) is 14.2 Å². The second-order valence-corrected chi connectivity index (χ2v) is 11.4. The summed E-state index contributed by atoms with van der Waals surface area (Å²) < 4.78 is 29.6. The monoisotopic (exact) mass is 463 g/mol. The Bertz CT molecular complexity index is 1160. The molecule has 1 aliphatic heterocycles. The molecule has 0 amide bonds. The number of piperidine rings is 1. The first-order valence-corrected chi connectivity index (χ1v) is 13.7. The number of pyridine rings is 1. The van der Waals surface area contributed by atoms with Crippen LogP contribution in [0.1, 0.15) is 37.7 Å². The van der Waals surface area contributed by atoms with E-state index in [1.807, 2.05) is 28.6 Å². The van der Waals surface area contributed by atoms with Crippen LogP contribution in [0, 0.1) is 5.92 Å². The smallest absolute Gasteiger partial charge is 0.245 e.